The molecule has 1 aliphatic rings. The number of anilines is 2. The minimum absolute atomic E-state index is 0.0660. The summed E-state index contributed by atoms with van der Waals surface area (Å²) in [6.45, 7) is 4.17. The van der Waals surface area contributed by atoms with Gasteiger partial charge in [0.25, 0.3) is 5.88 Å². The largest absolute Gasteiger partial charge is 0.470 e. The number of hydrogen-bond acceptors (Lipinski definition) is 6. The van der Waals surface area contributed by atoms with Crippen molar-refractivity contribution in [1.82, 2.24) is 19.9 Å². The summed E-state index contributed by atoms with van der Waals surface area (Å²) in [5.74, 6) is -1.06. The summed E-state index contributed by atoms with van der Waals surface area (Å²) < 4.78 is 58.3. The SMILES string of the molecule is C=CC(=O)N1CC[C@H](Oc2nc3c(Nc4ccc(CC(F)(F)F)c(Cl)c4)ncnc3cc2F)C1. The summed E-state index contributed by atoms with van der Waals surface area (Å²) in [5.41, 5.74) is 0.672. The number of pyridine rings is 1. The molecule has 0 aliphatic carbocycles. The molecule has 1 aromatic carbocycles. The molecular formula is C22H18ClF4N5O2. The number of carbonyl (C=O) groups excluding carboxylic acids is 1. The van der Waals surface area contributed by atoms with Gasteiger partial charge in [-0.2, -0.15) is 13.2 Å². The molecule has 1 saturated heterocycles. The molecule has 0 unspecified atom stereocenters. The zero-order chi connectivity index (χ0) is 24.5. The van der Waals surface area contributed by atoms with Crippen LogP contribution in [0.4, 0.5) is 29.1 Å². The number of carbonyl (C=O) groups is 1. The summed E-state index contributed by atoms with van der Waals surface area (Å²) in [6, 6.07) is 5.16. The number of alkyl halides is 3. The summed E-state index contributed by atoms with van der Waals surface area (Å²) in [7, 11) is 0. The van der Waals surface area contributed by atoms with Crippen molar-refractivity contribution in [3.63, 3.8) is 0 Å². The number of nitrogens with zero attached hydrogens (tertiary/aromatic N) is 4. The van der Waals surface area contributed by atoms with Gasteiger partial charge in [0.15, 0.2) is 11.6 Å². The summed E-state index contributed by atoms with van der Waals surface area (Å²) in [5, 5.41) is 2.86. The molecule has 3 aromatic rings. The number of rotatable bonds is 6. The molecule has 3 heterocycles. The van der Waals surface area contributed by atoms with E-state index in [9.17, 15) is 22.4 Å². The van der Waals surface area contributed by atoms with Crippen LogP contribution < -0.4 is 10.1 Å². The van der Waals surface area contributed by atoms with Gasteiger partial charge in [0.05, 0.1) is 18.5 Å². The molecular weight excluding hydrogens is 478 g/mol. The van der Waals surface area contributed by atoms with Crippen LogP contribution in [0.25, 0.3) is 11.0 Å². The van der Waals surface area contributed by atoms with Crippen molar-refractivity contribution < 1.29 is 27.1 Å². The molecule has 34 heavy (non-hydrogen) atoms. The van der Waals surface area contributed by atoms with Crippen molar-refractivity contribution in [1.29, 1.82) is 0 Å². The topological polar surface area (TPSA) is 80.2 Å². The number of ether oxygens (including phenoxy) is 1. The van der Waals surface area contributed by atoms with Crippen LogP contribution in [0, 0.1) is 5.82 Å². The minimum atomic E-state index is -4.39. The lowest BCUT2D eigenvalue weighted by Gasteiger charge is -2.16. The molecule has 4 rings (SSSR count). The van der Waals surface area contributed by atoms with Crippen molar-refractivity contribution in [2.75, 3.05) is 18.4 Å². The van der Waals surface area contributed by atoms with Crippen LogP contribution in [0.2, 0.25) is 5.02 Å². The Kier molecular flexibility index (Phi) is 6.56. The Hall–Kier alpha value is -3.47. The van der Waals surface area contributed by atoms with Crippen molar-refractivity contribution >= 4 is 40.0 Å². The van der Waals surface area contributed by atoms with E-state index in [0.29, 0.717) is 18.7 Å². The highest BCUT2D eigenvalue weighted by atomic mass is 35.5. The third-order valence-electron chi connectivity index (χ3n) is 5.15. The van der Waals surface area contributed by atoms with Gasteiger partial charge in [0.2, 0.25) is 5.91 Å². The Labute approximate surface area is 196 Å². The van der Waals surface area contributed by atoms with Crippen LogP contribution in [-0.2, 0) is 11.2 Å². The van der Waals surface area contributed by atoms with Crippen LogP contribution in [-0.4, -0.2) is 51.1 Å². The fourth-order valence-electron chi connectivity index (χ4n) is 3.55. The second-order valence-electron chi connectivity index (χ2n) is 7.61. The van der Waals surface area contributed by atoms with E-state index in [4.69, 9.17) is 16.3 Å². The fourth-order valence-corrected chi connectivity index (χ4v) is 3.80. The number of aromatic nitrogens is 3. The van der Waals surface area contributed by atoms with Crippen molar-refractivity contribution in [3.05, 3.63) is 59.7 Å². The predicted octanol–water partition coefficient (Wildman–Crippen LogP) is 4.83. The van der Waals surface area contributed by atoms with Crippen molar-refractivity contribution in [2.24, 2.45) is 0 Å². The monoisotopic (exact) mass is 495 g/mol. The number of benzene rings is 1. The maximum absolute atomic E-state index is 14.6. The lowest BCUT2D eigenvalue weighted by atomic mass is 10.1. The summed E-state index contributed by atoms with van der Waals surface area (Å²) in [6.07, 6.45) is -3.10. The number of halogens is 5. The normalized spacial score (nSPS) is 16.0. The molecule has 1 fully saturated rings. The smallest absolute Gasteiger partial charge is 0.393 e. The first kappa shape index (κ1) is 23.7. The van der Waals surface area contributed by atoms with Crippen LogP contribution in [0.3, 0.4) is 0 Å². The van der Waals surface area contributed by atoms with Gasteiger partial charge >= 0.3 is 6.18 Å². The molecule has 0 spiro atoms. The van der Waals surface area contributed by atoms with E-state index in [-0.39, 0.29) is 45.8 Å². The van der Waals surface area contributed by atoms with Crippen molar-refractivity contribution in [2.45, 2.75) is 25.1 Å². The van der Waals surface area contributed by atoms with E-state index in [2.05, 4.69) is 26.8 Å². The zero-order valence-electron chi connectivity index (χ0n) is 17.6. The second kappa shape index (κ2) is 9.41. The molecule has 1 N–H and O–H groups in total. The average molecular weight is 496 g/mol. The molecule has 0 bridgehead atoms. The molecule has 0 saturated carbocycles. The number of fused-ring (bicyclic) bond motifs is 1. The van der Waals surface area contributed by atoms with E-state index >= 15 is 0 Å². The molecule has 1 aliphatic heterocycles. The highest BCUT2D eigenvalue weighted by molar-refractivity contribution is 6.31. The van der Waals surface area contributed by atoms with Crippen LogP contribution in [0.1, 0.15) is 12.0 Å². The second-order valence-corrected chi connectivity index (χ2v) is 8.01. The van der Waals surface area contributed by atoms with Crippen molar-refractivity contribution in [3.8, 4) is 5.88 Å². The molecule has 1 amide bonds. The molecule has 1 atom stereocenters. The van der Waals surface area contributed by atoms with Gasteiger partial charge in [0.1, 0.15) is 17.9 Å². The first-order chi connectivity index (χ1) is 16.1. The molecule has 12 heteroatoms. The standard InChI is InChI=1S/C22H18ClF4N5O2/c1-2-18(33)32-6-5-14(10-32)34-21-16(24)8-17-19(31-21)20(29-11-28-17)30-13-4-3-12(15(23)7-13)9-22(25,26)27/h2-4,7-8,11,14H,1,5-6,9-10H2,(H,28,29,30)/t14-/m0/s1. The Morgan fingerprint density at radius 3 is 2.82 bits per heavy atom. The zero-order valence-corrected chi connectivity index (χ0v) is 18.3. The Bertz CT molecular complexity index is 1250. The minimum Gasteiger partial charge on any atom is -0.470 e. The van der Waals surface area contributed by atoms with Gasteiger partial charge in [-0.1, -0.05) is 24.2 Å². The lowest BCUT2D eigenvalue weighted by molar-refractivity contribution is -0.127. The Morgan fingerprint density at radius 1 is 1.32 bits per heavy atom. The molecule has 7 nitrogen and oxygen atoms in total. The quantitative estimate of drug-likeness (QED) is 0.390. The highest BCUT2D eigenvalue weighted by Gasteiger charge is 2.29. The van der Waals surface area contributed by atoms with E-state index in [1.165, 1.54) is 30.6 Å². The third-order valence-corrected chi connectivity index (χ3v) is 5.50. The van der Waals surface area contributed by atoms with Gasteiger partial charge in [-0.25, -0.2) is 19.3 Å². The highest BCUT2D eigenvalue weighted by Crippen LogP contribution is 2.31. The van der Waals surface area contributed by atoms with Gasteiger partial charge in [-0.3, -0.25) is 4.79 Å². The first-order valence-corrected chi connectivity index (χ1v) is 10.5. The van der Waals surface area contributed by atoms with Gasteiger partial charge in [-0.05, 0) is 23.8 Å². The fraction of sp³-hybridized carbons (Fsp3) is 0.273. The van der Waals surface area contributed by atoms with Gasteiger partial charge in [-0.15, -0.1) is 0 Å². The summed E-state index contributed by atoms with van der Waals surface area (Å²) in [4.78, 5) is 25.6. The van der Waals surface area contributed by atoms with Gasteiger partial charge < -0.3 is 15.0 Å². The number of nitrogens with one attached hydrogen (secondary N) is 1. The number of hydrogen-bond donors (Lipinski definition) is 1. The third kappa shape index (κ3) is 5.36. The maximum atomic E-state index is 14.6. The Morgan fingerprint density at radius 2 is 2.12 bits per heavy atom. The molecule has 0 radical (unpaired) electrons. The molecule has 178 valence electrons. The van der Waals surface area contributed by atoms with E-state index in [0.717, 1.165) is 6.07 Å². The maximum Gasteiger partial charge on any atom is 0.393 e. The Balaban J connectivity index is 1.58. The molecule has 2 aromatic heterocycles. The first-order valence-electron chi connectivity index (χ1n) is 10.1. The van der Waals surface area contributed by atoms with Crippen LogP contribution >= 0.6 is 11.6 Å². The van der Waals surface area contributed by atoms with E-state index in [1.807, 2.05) is 0 Å². The van der Waals surface area contributed by atoms with E-state index < -0.39 is 24.5 Å². The van der Waals surface area contributed by atoms with Crippen LogP contribution in [0.5, 0.6) is 5.88 Å². The average Bonchev–Trinajstić information content (AvgIpc) is 3.24. The predicted molar refractivity (Wildman–Crippen MR) is 118 cm³/mol. The summed E-state index contributed by atoms with van der Waals surface area (Å²) >= 11 is 6.01. The number of likely N-dealkylation sites (tertiary alicyclic amines) is 1. The van der Waals surface area contributed by atoms with E-state index in [1.54, 1.807) is 4.90 Å². The lowest BCUT2D eigenvalue weighted by Crippen LogP contribution is -2.29. The number of amides is 1. The van der Waals surface area contributed by atoms with Gasteiger partial charge in [0, 0.05) is 29.7 Å². The van der Waals surface area contributed by atoms with Crippen LogP contribution in [0.15, 0.2) is 43.2 Å².